The minimum Gasteiger partial charge on any atom is -0.347 e. The molecule has 0 aliphatic carbocycles. The fourth-order valence-electron chi connectivity index (χ4n) is 1.86. The lowest BCUT2D eigenvalue weighted by Crippen LogP contribution is -2.33. The zero-order valence-electron chi connectivity index (χ0n) is 8.86. The van der Waals surface area contributed by atoms with E-state index < -0.39 is 0 Å². The van der Waals surface area contributed by atoms with Gasteiger partial charge in [0.05, 0.1) is 12.5 Å². The Bertz CT molecular complexity index is 316. The second-order valence-electron chi connectivity index (χ2n) is 3.92. The van der Waals surface area contributed by atoms with Gasteiger partial charge in [-0.15, -0.1) is 0 Å². The monoisotopic (exact) mass is 208 g/mol. The Balaban J connectivity index is 1.89. The lowest BCUT2D eigenvalue weighted by atomic mass is 10.1. The number of aromatic amines is 1. The average molecular weight is 208 g/mol. The number of rotatable bonds is 3. The van der Waals surface area contributed by atoms with Crippen LogP contribution in [-0.4, -0.2) is 40.9 Å². The molecule has 0 aromatic carbocycles. The average Bonchev–Trinajstić information content (AvgIpc) is 2.88. The van der Waals surface area contributed by atoms with E-state index >= 15 is 0 Å². The van der Waals surface area contributed by atoms with Crippen LogP contribution in [0, 0.1) is 5.92 Å². The lowest BCUT2D eigenvalue weighted by Gasteiger charge is -2.19. The van der Waals surface area contributed by atoms with Gasteiger partial charge >= 0.3 is 0 Å². The molecule has 0 radical (unpaired) electrons. The van der Waals surface area contributed by atoms with Crippen molar-refractivity contribution < 1.29 is 4.79 Å². The third-order valence-corrected chi connectivity index (χ3v) is 2.73. The standard InChI is InChI=1S/C10H16N4O/c1-14(7-9-12-4-5-13-9)10(15)8-2-3-11-6-8/h4-5,8,11H,2-3,6-7H2,1H3,(H,12,13). The molecular formula is C10H16N4O. The van der Waals surface area contributed by atoms with Crippen LogP contribution in [0.5, 0.6) is 0 Å². The first-order chi connectivity index (χ1) is 7.27. The predicted molar refractivity (Wildman–Crippen MR) is 56.0 cm³/mol. The van der Waals surface area contributed by atoms with Gasteiger partial charge in [-0.2, -0.15) is 0 Å². The first-order valence-electron chi connectivity index (χ1n) is 5.21. The molecule has 1 aromatic rings. The number of hydrogen-bond acceptors (Lipinski definition) is 3. The molecule has 2 N–H and O–H groups in total. The van der Waals surface area contributed by atoms with Gasteiger partial charge in [-0.25, -0.2) is 4.98 Å². The van der Waals surface area contributed by atoms with Crippen molar-refractivity contribution in [2.75, 3.05) is 20.1 Å². The summed E-state index contributed by atoms with van der Waals surface area (Å²) in [4.78, 5) is 20.7. The maximum absolute atomic E-state index is 11.9. The van der Waals surface area contributed by atoms with Gasteiger partial charge in [0.2, 0.25) is 5.91 Å². The van der Waals surface area contributed by atoms with E-state index in [2.05, 4.69) is 15.3 Å². The molecule has 1 saturated heterocycles. The number of imidazole rings is 1. The second kappa shape index (κ2) is 4.44. The van der Waals surface area contributed by atoms with Crippen molar-refractivity contribution in [3.8, 4) is 0 Å². The summed E-state index contributed by atoms with van der Waals surface area (Å²) >= 11 is 0. The highest BCUT2D eigenvalue weighted by atomic mass is 16.2. The van der Waals surface area contributed by atoms with Crippen LogP contribution in [0.4, 0.5) is 0 Å². The number of nitrogens with one attached hydrogen (secondary N) is 2. The molecule has 1 aromatic heterocycles. The molecule has 1 aliphatic heterocycles. The number of hydrogen-bond donors (Lipinski definition) is 2. The van der Waals surface area contributed by atoms with Crippen molar-refractivity contribution in [1.29, 1.82) is 0 Å². The molecule has 5 heteroatoms. The third-order valence-electron chi connectivity index (χ3n) is 2.73. The van der Waals surface area contributed by atoms with Crippen molar-refractivity contribution in [2.45, 2.75) is 13.0 Å². The summed E-state index contributed by atoms with van der Waals surface area (Å²) in [5.41, 5.74) is 0. The van der Waals surface area contributed by atoms with Gasteiger partial charge in [-0.1, -0.05) is 0 Å². The molecule has 5 nitrogen and oxygen atoms in total. The number of nitrogens with zero attached hydrogens (tertiary/aromatic N) is 2. The van der Waals surface area contributed by atoms with Gasteiger partial charge in [-0.05, 0) is 13.0 Å². The van der Waals surface area contributed by atoms with Gasteiger partial charge in [-0.3, -0.25) is 4.79 Å². The smallest absolute Gasteiger partial charge is 0.227 e. The zero-order valence-corrected chi connectivity index (χ0v) is 8.86. The van der Waals surface area contributed by atoms with Crippen LogP contribution in [0.25, 0.3) is 0 Å². The number of carbonyl (C=O) groups is 1. The Hall–Kier alpha value is -1.36. The van der Waals surface area contributed by atoms with E-state index in [1.165, 1.54) is 0 Å². The molecule has 0 saturated carbocycles. The van der Waals surface area contributed by atoms with Crippen molar-refractivity contribution in [3.05, 3.63) is 18.2 Å². The molecule has 1 fully saturated rings. The third kappa shape index (κ3) is 2.36. The molecule has 1 amide bonds. The highest BCUT2D eigenvalue weighted by Gasteiger charge is 2.25. The van der Waals surface area contributed by atoms with Gasteiger partial charge in [0, 0.05) is 26.0 Å². The number of carbonyl (C=O) groups excluding carboxylic acids is 1. The molecule has 1 unspecified atom stereocenters. The van der Waals surface area contributed by atoms with Gasteiger partial charge in [0.25, 0.3) is 0 Å². The Morgan fingerprint density at radius 2 is 2.60 bits per heavy atom. The van der Waals surface area contributed by atoms with E-state index in [1.807, 2.05) is 7.05 Å². The topological polar surface area (TPSA) is 61.0 Å². The molecule has 1 aliphatic rings. The van der Waals surface area contributed by atoms with Crippen molar-refractivity contribution in [1.82, 2.24) is 20.2 Å². The zero-order chi connectivity index (χ0) is 10.7. The number of H-pyrrole nitrogens is 1. The Morgan fingerprint density at radius 3 is 3.20 bits per heavy atom. The summed E-state index contributed by atoms with van der Waals surface area (Å²) in [7, 11) is 1.82. The first-order valence-corrected chi connectivity index (χ1v) is 5.21. The van der Waals surface area contributed by atoms with Crippen molar-refractivity contribution >= 4 is 5.91 Å². The second-order valence-corrected chi connectivity index (χ2v) is 3.92. The number of aromatic nitrogens is 2. The number of amides is 1. The molecule has 1 atom stereocenters. The Morgan fingerprint density at radius 1 is 1.73 bits per heavy atom. The summed E-state index contributed by atoms with van der Waals surface area (Å²) in [6, 6.07) is 0. The largest absolute Gasteiger partial charge is 0.347 e. The van der Waals surface area contributed by atoms with E-state index in [0.29, 0.717) is 6.54 Å². The highest BCUT2D eigenvalue weighted by Crippen LogP contribution is 2.11. The van der Waals surface area contributed by atoms with Crippen LogP contribution in [-0.2, 0) is 11.3 Å². The van der Waals surface area contributed by atoms with E-state index in [4.69, 9.17) is 0 Å². The van der Waals surface area contributed by atoms with Crippen LogP contribution in [0.2, 0.25) is 0 Å². The summed E-state index contributed by atoms with van der Waals surface area (Å²) in [6.45, 7) is 2.31. The highest BCUT2D eigenvalue weighted by molar-refractivity contribution is 5.79. The molecule has 2 heterocycles. The van der Waals surface area contributed by atoms with Crippen molar-refractivity contribution in [2.24, 2.45) is 5.92 Å². The molecular weight excluding hydrogens is 192 g/mol. The summed E-state index contributed by atoms with van der Waals surface area (Å²) < 4.78 is 0. The van der Waals surface area contributed by atoms with Gasteiger partial charge < -0.3 is 15.2 Å². The molecule has 0 spiro atoms. The Labute approximate surface area is 88.9 Å². The minimum absolute atomic E-state index is 0.143. The van der Waals surface area contributed by atoms with E-state index in [9.17, 15) is 4.79 Å². The molecule has 0 bridgehead atoms. The van der Waals surface area contributed by atoms with Gasteiger partial charge in [0.1, 0.15) is 5.82 Å². The quantitative estimate of drug-likeness (QED) is 0.733. The van der Waals surface area contributed by atoms with Crippen LogP contribution in [0.1, 0.15) is 12.2 Å². The molecule has 15 heavy (non-hydrogen) atoms. The Kier molecular flexibility index (Phi) is 3.01. The van der Waals surface area contributed by atoms with Crippen LogP contribution < -0.4 is 5.32 Å². The minimum atomic E-state index is 0.143. The van der Waals surface area contributed by atoms with Crippen LogP contribution >= 0.6 is 0 Å². The predicted octanol–water partition coefficient (Wildman–Crippen LogP) is -0.0224. The molecule has 2 rings (SSSR count). The summed E-state index contributed by atoms with van der Waals surface area (Å²) in [5, 5.41) is 3.20. The summed E-state index contributed by atoms with van der Waals surface area (Å²) in [5.74, 6) is 1.18. The SMILES string of the molecule is CN(Cc1ncc[nH]1)C(=O)C1CCNC1. The fourth-order valence-corrected chi connectivity index (χ4v) is 1.86. The summed E-state index contributed by atoms with van der Waals surface area (Å²) in [6.07, 6.45) is 4.41. The fraction of sp³-hybridized carbons (Fsp3) is 0.600. The normalized spacial score (nSPS) is 20.5. The van der Waals surface area contributed by atoms with Crippen LogP contribution in [0.3, 0.4) is 0 Å². The van der Waals surface area contributed by atoms with Gasteiger partial charge in [0.15, 0.2) is 0 Å². The van der Waals surface area contributed by atoms with E-state index in [0.717, 1.165) is 25.3 Å². The maximum Gasteiger partial charge on any atom is 0.227 e. The van der Waals surface area contributed by atoms with E-state index in [1.54, 1.807) is 17.3 Å². The van der Waals surface area contributed by atoms with E-state index in [-0.39, 0.29) is 11.8 Å². The van der Waals surface area contributed by atoms with Crippen LogP contribution in [0.15, 0.2) is 12.4 Å². The first kappa shape index (κ1) is 10.2. The van der Waals surface area contributed by atoms with Crippen molar-refractivity contribution in [3.63, 3.8) is 0 Å². The lowest BCUT2D eigenvalue weighted by molar-refractivity contribution is -0.134. The maximum atomic E-state index is 11.9. The molecule has 82 valence electrons.